The summed E-state index contributed by atoms with van der Waals surface area (Å²) in [6, 6.07) is 4.53. The van der Waals surface area contributed by atoms with Gasteiger partial charge < -0.3 is 15.0 Å². The molecule has 0 saturated heterocycles. The molecular formula is C12H19N3O3. The standard InChI is InChI=1S/C12H19N3O3/c1-14(2)8-4-7-13-11-9-10(15(16)17)5-6-12(11)18-3/h5-6,9,13H,4,7-8H2,1-3H3. The Morgan fingerprint density at radius 3 is 2.72 bits per heavy atom. The van der Waals surface area contributed by atoms with Crippen LogP contribution in [0.2, 0.25) is 0 Å². The smallest absolute Gasteiger partial charge is 0.271 e. The summed E-state index contributed by atoms with van der Waals surface area (Å²) >= 11 is 0. The van der Waals surface area contributed by atoms with Crippen molar-refractivity contribution in [2.45, 2.75) is 6.42 Å². The van der Waals surface area contributed by atoms with Crippen LogP contribution in [0.25, 0.3) is 0 Å². The molecule has 0 amide bonds. The maximum Gasteiger partial charge on any atom is 0.271 e. The molecule has 0 aliphatic rings. The molecular weight excluding hydrogens is 234 g/mol. The van der Waals surface area contributed by atoms with Gasteiger partial charge in [0.2, 0.25) is 0 Å². The van der Waals surface area contributed by atoms with Gasteiger partial charge in [0, 0.05) is 18.7 Å². The molecule has 100 valence electrons. The third-order valence-corrected chi connectivity index (χ3v) is 2.49. The molecule has 0 aromatic heterocycles. The zero-order valence-corrected chi connectivity index (χ0v) is 11.0. The summed E-state index contributed by atoms with van der Waals surface area (Å²) in [6.45, 7) is 1.71. The molecule has 0 bridgehead atoms. The number of rotatable bonds is 7. The predicted molar refractivity (Wildman–Crippen MR) is 71.3 cm³/mol. The summed E-state index contributed by atoms with van der Waals surface area (Å²) in [5.74, 6) is 0.616. The minimum Gasteiger partial charge on any atom is -0.495 e. The van der Waals surface area contributed by atoms with E-state index in [0.29, 0.717) is 11.4 Å². The molecule has 1 aromatic rings. The van der Waals surface area contributed by atoms with E-state index >= 15 is 0 Å². The van der Waals surface area contributed by atoms with E-state index in [2.05, 4.69) is 10.2 Å². The van der Waals surface area contributed by atoms with E-state index in [1.807, 2.05) is 14.1 Å². The first-order valence-electron chi connectivity index (χ1n) is 5.75. The minimum atomic E-state index is -0.412. The molecule has 1 aromatic carbocycles. The van der Waals surface area contributed by atoms with Crippen LogP contribution < -0.4 is 10.1 Å². The number of nitrogens with zero attached hydrogens (tertiary/aromatic N) is 2. The molecule has 18 heavy (non-hydrogen) atoms. The molecule has 0 aliphatic carbocycles. The zero-order chi connectivity index (χ0) is 13.5. The van der Waals surface area contributed by atoms with Crippen molar-refractivity contribution in [1.82, 2.24) is 4.90 Å². The fraction of sp³-hybridized carbons (Fsp3) is 0.500. The van der Waals surface area contributed by atoms with Crippen molar-refractivity contribution in [3.8, 4) is 5.75 Å². The number of anilines is 1. The average Bonchev–Trinajstić information content (AvgIpc) is 2.34. The highest BCUT2D eigenvalue weighted by Crippen LogP contribution is 2.28. The van der Waals surface area contributed by atoms with Crippen molar-refractivity contribution in [2.24, 2.45) is 0 Å². The Labute approximate surface area is 107 Å². The maximum absolute atomic E-state index is 10.7. The number of non-ortho nitro benzene ring substituents is 1. The largest absolute Gasteiger partial charge is 0.495 e. The Balaban J connectivity index is 2.66. The number of hydrogen-bond donors (Lipinski definition) is 1. The molecule has 0 aliphatic heterocycles. The molecule has 1 rings (SSSR count). The summed E-state index contributed by atoms with van der Waals surface area (Å²) in [5.41, 5.74) is 0.719. The van der Waals surface area contributed by atoms with Gasteiger partial charge in [-0.2, -0.15) is 0 Å². The van der Waals surface area contributed by atoms with Crippen molar-refractivity contribution in [3.05, 3.63) is 28.3 Å². The highest BCUT2D eigenvalue weighted by Gasteiger charge is 2.10. The summed E-state index contributed by atoms with van der Waals surface area (Å²) in [7, 11) is 5.56. The number of ether oxygens (including phenoxy) is 1. The van der Waals surface area contributed by atoms with E-state index in [-0.39, 0.29) is 5.69 Å². The van der Waals surface area contributed by atoms with E-state index in [1.165, 1.54) is 12.1 Å². The molecule has 0 fully saturated rings. The highest BCUT2D eigenvalue weighted by atomic mass is 16.6. The molecule has 1 N–H and O–H groups in total. The van der Waals surface area contributed by atoms with E-state index in [4.69, 9.17) is 4.74 Å². The topological polar surface area (TPSA) is 67.6 Å². The second-order valence-corrected chi connectivity index (χ2v) is 4.23. The predicted octanol–water partition coefficient (Wildman–Crippen LogP) is 1.97. The fourth-order valence-corrected chi connectivity index (χ4v) is 1.57. The van der Waals surface area contributed by atoms with Crippen LogP contribution in [0.3, 0.4) is 0 Å². The van der Waals surface area contributed by atoms with E-state index in [9.17, 15) is 10.1 Å². The van der Waals surface area contributed by atoms with Gasteiger partial charge in [0.25, 0.3) is 5.69 Å². The Kier molecular flexibility index (Phi) is 5.38. The highest BCUT2D eigenvalue weighted by molar-refractivity contribution is 5.61. The summed E-state index contributed by atoms with van der Waals surface area (Å²) in [6.07, 6.45) is 0.957. The lowest BCUT2D eigenvalue weighted by molar-refractivity contribution is -0.384. The molecule has 0 radical (unpaired) electrons. The zero-order valence-electron chi connectivity index (χ0n) is 11.0. The van der Waals surface area contributed by atoms with Crippen LogP contribution in [-0.4, -0.2) is 44.1 Å². The third kappa shape index (κ3) is 4.21. The third-order valence-electron chi connectivity index (χ3n) is 2.49. The summed E-state index contributed by atoms with van der Waals surface area (Å²) < 4.78 is 5.16. The number of benzene rings is 1. The van der Waals surface area contributed by atoms with Crippen LogP contribution in [0, 0.1) is 10.1 Å². The Hall–Kier alpha value is -1.82. The number of methoxy groups -OCH3 is 1. The van der Waals surface area contributed by atoms with Gasteiger partial charge in [-0.1, -0.05) is 0 Å². The van der Waals surface area contributed by atoms with Crippen molar-refractivity contribution in [3.63, 3.8) is 0 Å². The number of hydrogen-bond acceptors (Lipinski definition) is 5. The van der Waals surface area contributed by atoms with Gasteiger partial charge in [-0.05, 0) is 33.1 Å². The number of nitrogens with one attached hydrogen (secondary N) is 1. The van der Waals surface area contributed by atoms with Crippen molar-refractivity contribution < 1.29 is 9.66 Å². The maximum atomic E-state index is 10.7. The monoisotopic (exact) mass is 253 g/mol. The van der Waals surface area contributed by atoms with Crippen LogP contribution in [0.4, 0.5) is 11.4 Å². The molecule has 6 heteroatoms. The fourth-order valence-electron chi connectivity index (χ4n) is 1.57. The van der Waals surface area contributed by atoms with E-state index in [1.54, 1.807) is 13.2 Å². The lowest BCUT2D eigenvalue weighted by Gasteiger charge is -2.12. The molecule has 0 unspecified atom stereocenters. The molecule has 6 nitrogen and oxygen atoms in total. The van der Waals surface area contributed by atoms with Gasteiger partial charge in [0.15, 0.2) is 0 Å². The quantitative estimate of drug-likeness (QED) is 0.457. The Bertz CT molecular complexity index is 408. The molecule has 0 spiro atoms. The van der Waals surface area contributed by atoms with Gasteiger partial charge in [0.05, 0.1) is 17.7 Å². The molecule has 0 saturated carbocycles. The number of nitro groups is 1. The van der Waals surface area contributed by atoms with Gasteiger partial charge in [-0.25, -0.2) is 0 Å². The summed E-state index contributed by atoms with van der Waals surface area (Å²) in [5, 5.41) is 13.9. The Morgan fingerprint density at radius 2 is 2.17 bits per heavy atom. The van der Waals surface area contributed by atoms with Gasteiger partial charge >= 0.3 is 0 Å². The number of nitro benzene ring substituents is 1. The first-order chi connectivity index (χ1) is 8.54. The van der Waals surface area contributed by atoms with Crippen LogP contribution in [0.15, 0.2) is 18.2 Å². The second kappa shape index (κ2) is 6.80. The summed E-state index contributed by atoms with van der Waals surface area (Å²) in [4.78, 5) is 12.4. The molecule has 0 atom stereocenters. The van der Waals surface area contributed by atoms with Crippen molar-refractivity contribution >= 4 is 11.4 Å². The van der Waals surface area contributed by atoms with Crippen LogP contribution in [0.5, 0.6) is 5.75 Å². The van der Waals surface area contributed by atoms with Crippen LogP contribution in [-0.2, 0) is 0 Å². The normalized spacial score (nSPS) is 10.4. The lowest BCUT2D eigenvalue weighted by atomic mass is 10.2. The van der Waals surface area contributed by atoms with Crippen molar-refractivity contribution in [1.29, 1.82) is 0 Å². The van der Waals surface area contributed by atoms with Crippen LogP contribution in [0.1, 0.15) is 6.42 Å². The Morgan fingerprint density at radius 1 is 1.44 bits per heavy atom. The van der Waals surface area contributed by atoms with Gasteiger partial charge in [-0.3, -0.25) is 10.1 Å². The second-order valence-electron chi connectivity index (χ2n) is 4.23. The molecule has 0 heterocycles. The van der Waals surface area contributed by atoms with Gasteiger partial charge in [0.1, 0.15) is 5.75 Å². The van der Waals surface area contributed by atoms with E-state index < -0.39 is 4.92 Å². The first kappa shape index (κ1) is 14.2. The first-order valence-corrected chi connectivity index (χ1v) is 5.75. The van der Waals surface area contributed by atoms with Gasteiger partial charge in [-0.15, -0.1) is 0 Å². The van der Waals surface area contributed by atoms with Crippen molar-refractivity contribution in [2.75, 3.05) is 39.6 Å². The van der Waals surface area contributed by atoms with Crippen LogP contribution >= 0.6 is 0 Å². The lowest BCUT2D eigenvalue weighted by Crippen LogP contribution is -2.16. The average molecular weight is 253 g/mol. The minimum absolute atomic E-state index is 0.0610. The van der Waals surface area contributed by atoms with E-state index in [0.717, 1.165) is 19.5 Å². The SMILES string of the molecule is COc1ccc([N+](=O)[O-])cc1NCCCN(C)C.